The summed E-state index contributed by atoms with van der Waals surface area (Å²) < 4.78 is 12.8. The number of halogens is 1. The highest BCUT2D eigenvalue weighted by atomic mass is 19.1. The third kappa shape index (κ3) is 3.39. The SMILES string of the molecule is NCC(NC(=O)c1ccc(F)cc1)c1ccccc1. The molecule has 2 rings (SSSR count). The van der Waals surface area contributed by atoms with Gasteiger partial charge in [-0.25, -0.2) is 4.39 Å². The highest BCUT2D eigenvalue weighted by Gasteiger charge is 2.13. The average Bonchev–Trinajstić information content (AvgIpc) is 2.46. The molecule has 0 aliphatic heterocycles. The largest absolute Gasteiger partial charge is 0.344 e. The van der Waals surface area contributed by atoms with Gasteiger partial charge in [-0.2, -0.15) is 0 Å². The van der Waals surface area contributed by atoms with Crippen LogP contribution in [0.3, 0.4) is 0 Å². The summed E-state index contributed by atoms with van der Waals surface area (Å²) in [5, 5.41) is 2.83. The first kappa shape index (κ1) is 13.2. The lowest BCUT2D eigenvalue weighted by molar-refractivity contribution is 0.0938. The van der Waals surface area contributed by atoms with E-state index in [2.05, 4.69) is 5.32 Å². The topological polar surface area (TPSA) is 55.1 Å². The molecule has 1 amide bonds. The van der Waals surface area contributed by atoms with E-state index in [1.165, 1.54) is 24.3 Å². The minimum absolute atomic E-state index is 0.251. The molecule has 0 bridgehead atoms. The van der Waals surface area contributed by atoms with Gasteiger partial charge in [-0.05, 0) is 29.8 Å². The van der Waals surface area contributed by atoms with Crippen LogP contribution in [0.1, 0.15) is 22.0 Å². The Morgan fingerprint density at radius 1 is 1.11 bits per heavy atom. The van der Waals surface area contributed by atoms with E-state index in [1.807, 2.05) is 30.3 Å². The van der Waals surface area contributed by atoms with E-state index < -0.39 is 0 Å². The second kappa shape index (κ2) is 6.11. The maximum atomic E-state index is 12.8. The van der Waals surface area contributed by atoms with Crippen molar-refractivity contribution in [2.24, 2.45) is 5.73 Å². The van der Waals surface area contributed by atoms with Gasteiger partial charge in [0.2, 0.25) is 0 Å². The zero-order valence-electron chi connectivity index (χ0n) is 10.3. The van der Waals surface area contributed by atoms with Crippen LogP contribution in [-0.4, -0.2) is 12.5 Å². The Hall–Kier alpha value is -2.20. The van der Waals surface area contributed by atoms with Crippen molar-refractivity contribution in [3.63, 3.8) is 0 Å². The molecule has 0 aliphatic rings. The van der Waals surface area contributed by atoms with E-state index in [1.54, 1.807) is 0 Å². The fourth-order valence-corrected chi connectivity index (χ4v) is 1.81. The van der Waals surface area contributed by atoms with Crippen molar-refractivity contribution in [1.82, 2.24) is 5.32 Å². The summed E-state index contributed by atoms with van der Waals surface area (Å²) in [6.45, 7) is 0.303. The maximum absolute atomic E-state index is 12.8. The van der Waals surface area contributed by atoms with Crippen molar-refractivity contribution >= 4 is 5.91 Å². The quantitative estimate of drug-likeness (QED) is 0.883. The van der Waals surface area contributed by atoms with Gasteiger partial charge in [0.15, 0.2) is 0 Å². The van der Waals surface area contributed by atoms with Crippen LogP contribution in [0.15, 0.2) is 54.6 Å². The van der Waals surface area contributed by atoms with Crippen LogP contribution < -0.4 is 11.1 Å². The lowest BCUT2D eigenvalue weighted by Gasteiger charge is -2.17. The molecular formula is C15H15FN2O. The number of amides is 1. The minimum Gasteiger partial charge on any atom is -0.344 e. The second-order valence-electron chi connectivity index (χ2n) is 4.18. The lowest BCUT2D eigenvalue weighted by atomic mass is 10.1. The van der Waals surface area contributed by atoms with Gasteiger partial charge in [0, 0.05) is 12.1 Å². The number of hydrogen-bond donors (Lipinski definition) is 2. The number of nitrogens with two attached hydrogens (primary N) is 1. The Bertz CT molecular complexity index is 540. The maximum Gasteiger partial charge on any atom is 0.251 e. The Balaban J connectivity index is 2.10. The van der Waals surface area contributed by atoms with Crippen molar-refractivity contribution in [3.8, 4) is 0 Å². The zero-order chi connectivity index (χ0) is 13.7. The molecule has 0 saturated heterocycles. The fourth-order valence-electron chi connectivity index (χ4n) is 1.81. The summed E-state index contributed by atoms with van der Waals surface area (Å²) >= 11 is 0. The van der Waals surface area contributed by atoms with E-state index >= 15 is 0 Å². The number of carbonyl (C=O) groups is 1. The van der Waals surface area contributed by atoms with Crippen LogP contribution in [0.4, 0.5) is 4.39 Å². The number of carbonyl (C=O) groups excluding carboxylic acids is 1. The van der Waals surface area contributed by atoms with Gasteiger partial charge >= 0.3 is 0 Å². The van der Waals surface area contributed by atoms with Crippen molar-refractivity contribution in [3.05, 3.63) is 71.5 Å². The third-order valence-corrected chi connectivity index (χ3v) is 2.85. The van der Waals surface area contributed by atoms with Gasteiger partial charge in [-0.3, -0.25) is 4.79 Å². The lowest BCUT2D eigenvalue weighted by Crippen LogP contribution is -2.33. The highest BCUT2D eigenvalue weighted by molar-refractivity contribution is 5.94. The smallest absolute Gasteiger partial charge is 0.251 e. The van der Waals surface area contributed by atoms with E-state index in [-0.39, 0.29) is 17.8 Å². The summed E-state index contributed by atoms with van der Waals surface area (Å²) in [5.74, 6) is -0.630. The van der Waals surface area contributed by atoms with Gasteiger partial charge in [0.05, 0.1) is 6.04 Å². The van der Waals surface area contributed by atoms with E-state index in [0.29, 0.717) is 12.1 Å². The predicted octanol–water partition coefficient (Wildman–Crippen LogP) is 2.26. The van der Waals surface area contributed by atoms with Gasteiger partial charge in [0.25, 0.3) is 5.91 Å². The van der Waals surface area contributed by atoms with E-state index in [0.717, 1.165) is 5.56 Å². The summed E-state index contributed by atoms with van der Waals surface area (Å²) in [7, 11) is 0. The van der Waals surface area contributed by atoms with Crippen LogP contribution >= 0.6 is 0 Å². The average molecular weight is 258 g/mol. The molecule has 0 saturated carbocycles. The molecule has 2 aromatic rings. The number of rotatable bonds is 4. The first-order valence-corrected chi connectivity index (χ1v) is 6.02. The third-order valence-electron chi connectivity index (χ3n) is 2.85. The van der Waals surface area contributed by atoms with Gasteiger partial charge in [-0.15, -0.1) is 0 Å². The van der Waals surface area contributed by atoms with Crippen LogP contribution in [0.2, 0.25) is 0 Å². The molecular weight excluding hydrogens is 243 g/mol. The highest BCUT2D eigenvalue weighted by Crippen LogP contribution is 2.12. The molecule has 0 aliphatic carbocycles. The molecule has 19 heavy (non-hydrogen) atoms. The van der Waals surface area contributed by atoms with Crippen molar-refractivity contribution in [2.45, 2.75) is 6.04 Å². The number of hydrogen-bond acceptors (Lipinski definition) is 2. The van der Waals surface area contributed by atoms with Gasteiger partial charge in [-0.1, -0.05) is 30.3 Å². The van der Waals surface area contributed by atoms with E-state index in [4.69, 9.17) is 5.73 Å². The minimum atomic E-state index is -0.366. The van der Waals surface area contributed by atoms with Crippen LogP contribution in [0.25, 0.3) is 0 Å². The Morgan fingerprint density at radius 2 is 1.74 bits per heavy atom. The van der Waals surface area contributed by atoms with Crippen molar-refractivity contribution < 1.29 is 9.18 Å². The summed E-state index contributed by atoms with van der Waals surface area (Å²) in [5.41, 5.74) is 7.04. The molecule has 98 valence electrons. The first-order chi connectivity index (χ1) is 9.20. The molecule has 3 N–H and O–H groups in total. The predicted molar refractivity (Wildman–Crippen MR) is 72.1 cm³/mol. The number of nitrogens with one attached hydrogen (secondary N) is 1. The Kier molecular flexibility index (Phi) is 4.26. The molecule has 0 radical (unpaired) electrons. The van der Waals surface area contributed by atoms with Gasteiger partial charge in [0.1, 0.15) is 5.82 Å². The summed E-state index contributed by atoms with van der Waals surface area (Å²) in [6, 6.07) is 14.7. The van der Waals surface area contributed by atoms with Gasteiger partial charge < -0.3 is 11.1 Å². The molecule has 2 aromatic carbocycles. The summed E-state index contributed by atoms with van der Waals surface area (Å²) in [6.07, 6.45) is 0. The monoisotopic (exact) mass is 258 g/mol. The van der Waals surface area contributed by atoms with Crippen LogP contribution in [0, 0.1) is 5.82 Å². The normalized spacial score (nSPS) is 11.9. The molecule has 1 atom stereocenters. The van der Waals surface area contributed by atoms with Crippen molar-refractivity contribution in [2.75, 3.05) is 6.54 Å². The number of benzene rings is 2. The zero-order valence-corrected chi connectivity index (χ0v) is 10.3. The molecule has 0 heterocycles. The first-order valence-electron chi connectivity index (χ1n) is 6.02. The van der Waals surface area contributed by atoms with Crippen LogP contribution in [-0.2, 0) is 0 Å². The molecule has 1 unspecified atom stereocenters. The summed E-state index contributed by atoms with van der Waals surface area (Å²) in [4.78, 5) is 12.0. The Labute approximate surface area is 111 Å². The second-order valence-corrected chi connectivity index (χ2v) is 4.18. The Morgan fingerprint density at radius 3 is 2.32 bits per heavy atom. The molecule has 0 aromatic heterocycles. The fraction of sp³-hybridized carbons (Fsp3) is 0.133. The van der Waals surface area contributed by atoms with Crippen molar-refractivity contribution in [1.29, 1.82) is 0 Å². The standard InChI is InChI=1S/C15H15FN2O/c16-13-8-6-12(7-9-13)15(19)18-14(10-17)11-4-2-1-3-5-11/h1-9,14H,10,17H2,(H,18,19). The molecule has 0 fully saturated rings. The van der Waals surface area contributed by atoms with Crippen LogP contribution in [0.5, 0.6) is 0 Å². The van der Waals surface area contributed by atoms with E-state index in [9.17, 15) is 9.18 Å². The molecule has 4 heteroatoms. The molecule has 0 spiro atoms. The molecule has 3 nitrogen and oxygen atoms in total.